The monoisotopic (exact) mass is 259 g/mol. The fraction of sp³-hybridized carbons (Fsp3) is 0.0833. The lowest BCUT2D eigenvalue weighted by Gasteiger charge is -2.01. The zero-order valence-corrected chi connectivity index (χ0v) is 10.1. The van der Waals surface area contributed by atoms with Crippen molar-refractivity contribution in [2.24, 2.45) is 0 Å². The molecule has 0 fully saturated rings. The average molecular weight is 259 g/mol. The number of pyridine rings is 1. The lowest BCUT2D eigenvalue weighted by Crippen LogP contribution is -2.05. The van der Waals surface area contributed by atoms with E-state index in [0.29, 0.717) is 12.2 Å². The van der Waals surface area contributed by atoms with Crippen molar-refractivity contribution in [2.75, 3.05) is 0 Å². The summed E-state index contributed by atoms with van der Waals surface area (Å²) in [5, 5.41) is 18.1. The van der Waals surface area contributed by atoms with E-state index in [9.17, 15) is 4.79 Å². The van der Waals surface area contributed by atoms with Gasteiger partial charge in [0.2, 0.25) is 0 Å². The maximum Gasteiger partial charge on any atom is 0.354 e. The van der Waals surface area contributed by atoms with Crippen LogP contribution in [0.2, 0.25) is 0 Å². The summed E-state index contributed by atoms with van der Waals surface area (Å²) in [5.74, 6) is -1.03. The summed E-state index contributed by atoms with van der Waals surface area (Å²) in [6.45, 7) is 0.600. The van der Waals surface area contributed by atoms with Crippen LogP contribution in [0.4, 0.5) is 0 Å². The normalized spacial score (nSPS) is 10.9. The van der Waals surface area contributed by atoms with Gasteiger partial charge in [0.1, 0.15) is 0 Å². The van der Waals surface area contributed by atoms with Crippen LogP contribution >= 0.6 is 11.3 Å². The first-order chi connectivity index (χ1) is 8.74. The van der Waals surface area contributed by atoms with Crippen molar-refractivity contribution in [1.82, 2.24) is 14.8 Å². The first-order valence-electron chi connectivity index (χ1n) is 5.31. The number of nitrogens with zero attached hydrogens (tertiary/aromatic N) is 3. The molecule has 0 saturated carbocycles. The van der Waals surface area contributed by atoms with E-state index in [0.717, 1.165) is 10.9 Å². The maximum absolute atomic E-state index is 10.9. The van der Waals surface area contributed by atoms with Gasteiger partial charge < -0.3 is 5.11 Å². The van der Waals surface area contributed by atoms with Crippen molar-refractivity contribution in [1.29, 1.82) is 0 Å². The highest BCUT2D eigenvalue weighted by atomic mass is 32.1. The smallest absolute Gasteiger partial charge is 0.354 e. The van der Waals surface area contributed by atoms with Crippen molar-refractivity contribution in [3.63, 3.8) is 0 Å². The molecule has 0 saturated heterocycles. The van der Waals surface area contributed by atoms with E-state index in [-0.39, 0.29) is 5.69 Å². The highest BCUT2D eigenvalue weighted by Crippen LogP contribution is 2.15. The molecule has 0 aliphatic heterocycles. The van der Waals surface area contributed by atoms with E-state index in [1.807, 2.05) is 16.8 Å². The van der Waals surface area contributed by atoms with E-state index < -0.39 is 5.97 Å². The standard InChI is InChI=1S/C12H9N3O2S/c16-12(17)10-2-1-9-5-13-15(11(9)14-10)6-8-3-4-18-7-8/h1-5,7H,6H2,(H,16,17). The van der Waals surface area contributed by atoms with Crippen LogP contribution in [0.25, 0.3) is 11.0 Å². The Morgan fingerprint density at radius 1 is 1.39 bits per heavy atom. The molecule has 0 aromatic carbocycles. The maximum atomic E-state index is 10.9. The predicted molar refractivity (Wildman–Crippen MR) is 67.9 cm³/mol. The van der Waals surface area contributed by atoms with Gasteiger partial charge in [-0.15, -0.1) is 0 Å². The molecule has 3 aromatic rings. The molecule has 0 spiro atoms. The summed E-state index contributed by atoms with van der Waals surface area (Å²) >= 11 is 1.62. The quantitative estimate of drug-likeness (QED) is 0.783. The SMILES string of the molecule is O=C(O)c1ccc2cnn(Cc3ccsc3)c2n1. The summed E-state index contributed by atoms with van der Waals surface area (Å²) < 4.78 is 1.71. The molecule has 0 unspecified atom stereocenters. The van der Waals surface area contributed by atoms with Crippen LogP contribution in [-0.4, -0.2) is 25.8 Å². The number of fused-ring (bicyclic) bond motifs is 1. The number of carboxylic acids is 1. The number of hydrogen-bond donors (Lipinski definition) is 1. The lowest BCUT2D eigenvalue weighted by atomic mass is 10.3. The Kier molecular flexibility index (Phi) is 2.56. The van der Waals surface area contributed by atoms with E-state index in [2.05, 4.69) is 10.1 Å². The van der Waals surface area contributed by atoms with Gasteiger partial charge in [-0.05, 0) is 34.5 Å². The fourth-order valence-corrected chi connectivity index (χ4v) is 2.40. The molecule has 18 heavy (non-hydrogen) atoms. The van der Waals surface area contributed by atoms with Gasteiger partial charge in [0.05, 0.1) is 12.7 Å². The number of thiophene rings is 1. The predicted octanol–water partition coefficient (Wildman–Crippen LogP) is 2.24. The molecule has 5 nitrogen and oxygen atoms in total. The lowest BCUT2D eigenvalue weighted by molar-refractivity contribution is 0.0691. The number of carboxylic acid groups (broad SMARTS) is 1. The van der Waals surface area contributed by atoms with Gasteiger partial charge in [-0.25, -0.2) is 14.5 Å². The molecule has 0 amide bonds. The zero-order chi connectivity index (χ0) is 12.5. The van der Waals surface area contributed by atoms with Gasteiger partial charge in [-0.3, -0.25) is 0 Å². The zero-order valence-electron chi connectivity index (χ0n) is 9.28. The minimum absolute atomic E-state index is 0.0366. The van der Waals surface area contributed by atoms with Crippen LogP contribution in [0.5, 0.6) is 0 Å². The third kappa shape index (κ3) is 1.86. The van der Waals surface area contributed by atoms with Gasteiger partial charge in [-0.1, -0.05) is 0 Å². The van der Waals surface area contributed by atoms with Crippen molar-refractivity contribution < 1.29 is 9.90 Å². The minimum Gasteiger partial charge on any atom is -0.477 e. The third-order valence-electron chi connectivity index (χ3n) is 2.62. The molecule has 3 heterocycles. The molecule has 0 aliphatic carbocycles. The Balaban J connectivity index is 2.06. The van der Waals surface area contributed by atoms with Crippen LogP contribution in [0, 0.1) is 0 Å². The van der Waals surface area contributed by atoms with Crippen LogP contribution < -0.4 is 0 Å². The Morgan fingerprint density at radius 2 is 2.28 bits per heavy atom. The molecule has 6 heteroatoms. The number of rotatable bonds is 3. The molecule has 90 valence electrons. The number of aromatic nitrogens is 3. The topological polar surface area (TPSA) is 68.0 Å². The Hall–Kier alpha value is -2.21. The summed E-state index contributed by atoms with van der Waals surface area (Å²) in [6, 6.07) is 5.23. The molecule has 0 bridgehead atoms. The van der Waals surface area contributed by atoms with Crippen molar-refractivity contribution in [2.45, 2.75) is 6.54 Å². The number of carbonyl (C=O) groups is 1. The van der Waals surface area contributed by atoms with Gasteiger partial charge in [0.25, 0.3) is 0 Å². The molecule has 3 aromatic heterocycles. The van der Waals surface area contributed by atoms with Crippen molar-refractivity contribution >= 4 is 28.3 Å². The average Bonchev–Trinajstić information content (AvgIpc) is 2.99. The van der Waals surface area contributed by atoms with Crippen LogP contribution in [0.15, 0.2) is 35.2 Å². The van der Waals surface area contributed by atoms with Crippen LogP contribution in [0.1, 0.15) is 16.1 Å². The highest BCUT2D eigenvalue weighted by Gasteiger charge is 2.10. The molecule has 1 N–H and O–H groups in total. The summed E-state index contributed by atoms with van der Waals surface area (Å²) in [6.07, 6.45) is 1.69. The Bertz CT molecular complexity index is 703. The largest absolute Gasteiger partial charge is 0.477 e. The van der Waals surface area contributed by atoms with Crippen LogP contribution in [0.3, 0.4) is 0 Å². The second-order valence-electron chi connectivity index (χ2n) is 3.85. The second kappa shape index (κ2) is 4.23. The molecule has 3 rings (SSSR count). The first kappa shape index (κ1) is 10.9. The van der Waals surface area contributed by atoms with Gasteiger partial charge in [0.15, 0.2) is 11.3 Å². The Morgan fingerprint density at radius 3 is 3.00 bits per heavy atom. The van der Waals surface area contributed by atoms with E-state index >= 15 is 0 Å². The number of aromatic carboxylic acids is 1. The van der Waals surface area contributed by atoms with E-state index in [1.165, 1.54) is 6.07 Å². The minimum atomic E-state index is -1.03. The number of hydrogen-bond acceptors (Lipinski definition) is 4. The van der Waals surface area contributed by atoms with Gasteiger partial charge in [-0.2, -0.15) is 16.4 Å². The van der Waals surface area contributed by atoms with Crippen molar-refractivity contribution in [3.05, 3.63) is 46.4 Å². The Labute approximate surface area is 106 Å². The molecule has 0 radical (unpaired) electrons. The van der Waals surface area contributed by atoms with E-state index in [4.69, 9.17) is 5.11 Å². The fourth-order valence-electron chi connectivity index (χ4n) is 1.74. The van der Waals surface area contributed by atoms with Gasteiger partial charge >= 0.3 is 5.97 Å². The van der Waals surface area contributed by atoms with Gasteiger partial charge in [0, 0.05) is 5.39 Å². The second-order valence-corrected chi connectivity index (χ2v) is 4.63. The molecular formula is C12H9N3O2S. The van der Waals surface area contributed by atoms with Crippen LogP contribution in [-0.2, 0) is 6.54 Å². The molecule has 0 aliphatic rings. The first-order valence-corrected chi connectivity index (χ1v) is 6.25. The summed E-state index contributed by atoms with van der Waals surface area (Å²) in [7, 11) is 0. The van der Waals surface area contributed by atoms with Crippen molar-refractivity contribution in [3.8, 4) is 0 Å². The third-order valence-corrected chi connectivity index (χ3v) is 3.35. The summed E-state index contributed by atoms with van der Waals surface area (Å²) in [4.78, 5) is 15.0. The van der Waals surface area contributed by atoms with E-state index in [1.54, 1.807) is 28.3 Å². The molecular weight excluding hydrogens is 250 g/mol. The summed E-state index contributed by atoms with van der Waals surface area (Å²) in [5.41, 5.74) is 1.77. The highest BCUT2D eigenvalue weighted by molar-refractivity contribution is 7.07. The molecule has 0 atom stereocenters.